The van der Waals surface area contributed by atoms with Gasteiger partial charge in [-0.3, -0.25) is 14.4 Å². The van der Waals surface area contributed by atoms with Crippen LogP contribution in [-0.2, 0) is 14.4 Å². The fourth-order valence-electron chi connectivity index (χ4n) is 3.17. The van der Waals surface area contributed by atoms with Crippen LogP contribution in [0.15, 0.2) is 0 Å². The summed E-state index contributed by atoms with van der Waals surface area (Å²) in [6.45, 7) is 10.8. The summed E-state index contributed by atoms with van der Waals surface area (Å²) in [4.78, 5) is 30.3. The van der Waals surface area contributed by atoms with E-state index in [1.807, 2.05) is 0 Å². The van der Waals surface area contributed by atoms with Crippen molar-refractivity contribution in [3.63, 3.8) is 0 Å². The van der Waals surface area contributed by atoms with E-state index in [2.05, 4.69) is 34.6 Å². The molecule has 0 aromatic carbocycles. The highest BCUT2D eigenvalue weighted by Gasteiger charge is 1.97. The number of aliphatic carboxylic acids is 3. The Balaban J connectivity index is -0.000000202. The summed E-state index contributed by atoms with van der Waals surface area (Å²) in [5.41, 5.74) is 0. The second-order valence-corrected chi connectivity index (χ2v) is 9.44. The quantitative estimate of drug-likeness (QED) is 0.130. The summed E-state index contributed by atoms with van der Waals surface area (Å²) in [6.07, 6.45) is 23.0. The van der Waals surface area contributed by atoms with Crippen LogP contribution < -0.4 is 0 Å². The molecule has 0 aromatic heterocycles. The smallest absolute Gasteiger partial charge is 0.303 e. The molecule has 3 N–H and O–H groups in total. The standard InChI is InChI=1S/3C9H18O2.C3H8/c3*1-2-3-4-5-6-7-8-9(10)11;1-3-2/h3*2-8H2,1H3,(H,10,11);3H2,1-2H3. The molecule has 0 aliphatic carbocycles. The molecule has 0 rings (SSSR count). The Hall–Kier alpha value is -1.59. The van der Waals surface area contributed by atoms with Crippen LogP contribution in [0.2, 0.25) is 0 Å². The molecule has 0 fully saturated rings. The van der Waals surface area contributed by atoms with E-state index in [1.54, 1.807) is 0 Å². The zero-order chi connectivity index (χ0) is 28.3. The summed E-state index contributed by atoms with van der Waals surface area (Å²) in [7, 11) is 0. The molecule has 0 amide bonds. The van der Waals surface area contributed by atoms with E-state index >= 15 is 0 Å². The number of unbranched alkanes of at least 4 members (excludes halogenated alkanes) is 15. The Bertz CT molecular complexity index is 375. The molecular formula is C30H62O6. The third-order valence-corrected chi connectivity index (χ3v) is 5.23. The summed E-state index contributed by atoms with van der Waals surface area (Å²) in [5.74, 6) is -2.00. The van der Waals surface area contributed by atoms with E-state index in [9.17, 15) is 14.4 Å². The predicted molar refractivity (Wildman–Crippen MR) is 153 cm³/mol. The van der Waals surface area contributed by atoms with Crippen LogP contribution in [-0.4, -0.2) is 33.2 Å². The van der Waals surface area contributed by atoms with Gasteiger partial charge in [-0.15, -0.1) is 0 Å². The van der Waals surface area contributed by atoms with Gasteiger partial charge in [-0.2, -0.15) is 0 Å². The maximum Gasteiger partial charge on any atom is 0.303 e. The highest BCUT2D eigenvalue weighted by atomic mass is 16.4. The summed E-state index contributed by atoms with van der Waals surface area (Å²) in [6, 6.07) is 0. The summed E-state index contributed by atoms with van der Waals surface area (Å²) in [5, 5.41) is 24.9. The van der Waals surface area contributed by atoms with E-state index in [1.165, 1.54) is 83.5 Å². The lowest BCUT2D eigenvalue weighted by molar-refractivity contribution is -0.138. The minimum Gasteiger partial charge on any atom is -0.481 e. The molecule has 0 bridgehead atoms. The first-order chi connectivity index (χ1) is 17.2. The number of hydrogen-bond acceptors (Lipinski definition) is 3. The Morgan fingerprint density at radius 3 is 0.694 bits per heavy atom. The Morgan fingerprint density at radius 1 is 0.361 bits per heavy atom. The van der Waals surface area contributed by atoms with Crippen LogP contribution in [0.25, 0.3) is 0 Å². The highest BCUT2D eigenvalue weighted by molar-refractivity contribution is 5.67. The molecular weight excluding hydrogens is 456 g/mol. The average Bonchev–Trinajstić information content (AvgIpc) is 2.82. The molecule has 0 radical (unpaired) electrons. The molecule has 0 spiro atoms. The van der Waals surface area contributed by atoms with Crippen LogP contribution in [0.1, 0.15) is 176 Å². The maximum atomic E-state index is 10.1. The fourth-order valence-corrected chi connectivity index (χ4v) is 3.17. The first-order valence-electron chi connectivity index (χ1n) is 14.9. The molecule has 0 aliphatic heterocycles. The molecule has 36 heavy (non-hydrogen) atoms. The second kappa shape index (κ2) is 40.6. The van der Waals surface area contributed by atoms with Crippen molar-refractivity contribution >= 4 is 17.9 Å². The Morgan fingerprint density at radius 2 is 0.528 bits per heavy atom. The first kappa shape index (κ1) is 41.5. The second-order valence-electron chi connectivity index (χ2n) is 9.44. The van der Waals surface area contributed by atoms with Gasteiger partial charge in [0.1, 0.15) is 0 Å². The minimum absolute atomic E-state index is 0.339. The molecule has 6 heteroatoms. The summed E-state index contributed by atoms with van der Waals surface area (Å²) < 4.78 is 0. The van der Waals surface area contributed by atoms with Crippen molar-refractivity contribution in [3.8, 4) is 0 Å². The van der Waals surface area contributed by atoms with Crippen molar-refractivity contribution in [3.05, 3.63) is 0 Å². The van der Waals surface area contributed by atoms with E-state index < -0.39 is 17.9 Å². The number of rotatable bonds is 21. The van der Waals surface area contributed by atoms with Crippen molar-refractivity contribution in [1.29, 1.82) is 0 Å². The fraction of sp³-hybridized carbons (Fsp3) is 0.900. The Labute approximate surface area is 223 Å². The molecule has 0 saturated heterocycles. The van der Waals surface area contributed by atoms with Gasteiger partial charge in [-0.1, -0.05) is 137 Å². The average molecular weight is 519 g/mol. The number of carbonyl (C=O) groups is 3. The molecule has 0 unspecified atom stereocenters. The van der Waals surface area contributed by atoms with Gasteiger partial charge < -0.3 is 15.3 Å². The lowest BCUT2D eigenvalue weighted by atomic mass is 10.1. The van der Waals surface area contributed by atoms with Gasteiger partial charge in [0.2, 0.25) is 0 Å². The van der Waals surface area contributed by atoms with Crippen LogP contribution in [0.3, 0.4) is 0 Å². The lowest BCUT2D eigenvalue weighted by Crippen LogP contribution is -1.93. The molecule has 218 valence electrons. The zero-order valence-corrected chi connectivity index (χ0v) is 24.6. The van der Waals surface area contributed by atoms with Gasteiger partial charge in [0, 0.05) is 19.3 Å². The van der Waals surface area contributed by atoms with Crippen molar-refractivity contribution in [2.45, 2.75) is 176 Å². The van der Waals surface area contributed by atoms with Crippen molar-refractivity contribution in [2.24, 2.45) is 0 Å². The van der Waals surface area contributed by atoms with Crippen LogP contribution in [0, 0.1) is 0 Å². The molecule has 6 nitrogen and oxygen atoms in total. The van der Waals surface area contributed by atoms with E-state index in [-0.39, 0.29) is 0 Å². The van der Waals surface area contributed by atoms with Gasteiger partial charge in [-0.05, 0) is 19.3 Å². The van der Waals surface area contributed by atoms with Crippen LogP contribution >= 0.6 is 0 Å². The normalized spacial score (nSPS) is 9.58. The van der Waals surface area contributed by atoms with Gasteiger partial charge in [0.25, 0.3) is 0 Å². The molecule has 0 saturated carbocycles. The van der Waals surface area contributed by atoms with Crippen LogP contribution in [0.5, 0.6) is 0 Å². The number of carboxylic acid groups (broad SMARTS) is 3. The third-order valence-electron chi connectivity index (χ3n) is 5.23. The minimum atomic E-state index is -0.666. The SMILES string of the molecule is CCC.CCCCCCCCC(=O)O.CCCCCCCCC(=O)O.CCCCCCCCC(=O)O. The van der Waals surface area contributed by atoms with Gasteiger partial charge in [0.05, 0.1) is 0 Å². The molecule has 0 aliphatic rings. The number of carboxylic acids is 3. The van der Waals surface area contributed by atoms with Crippen molar-refractivity contribution < 1.29 is 29.7 Å². The topological polar surface area (TPSA) is 112 Å². The maximum absolute atomic E-state index is 10.1. The number of hydrogen-bond donors (Lipinski definition) is 3. The first-order valence-corrected chi connectivity index (χ1v) is 14.9. The monoisotopic (exact) mass is 518 g/mol. The Kier molecular flexibility index (Phi) is 46.8. The van der Waals surface area contributed by atoms with Gasteiger partial charge in [0.15, 0.2) is 0 Å². The molecule has 0 aromatic rings. The van der Waals surface area contributed by atoms with E-state index in [0.717, 1.165) is 38.5 Å². The van der Waals surface area contributed by atoms with E-state index in [4.69, 9.17) is 15.3 Å². The molecule has 0 atom stereocenters. The van der Waals surface area contributed by atoms with Gasteiger partial charge in [-0.25, -0.2) is 0 Å². The molecule has 0 heterocycles. The third kappa shape index (κ3) is 63.7. The highest BCUT2D eigenvalue weighted by Crippen LogP contribution is 2.08. The van der Waals surface area contributed by atoms with E-state index in [0.29, 0.717) is 19.3 Å². The largest absolute Gasteiger partial charge is 0.481 e. The van der Waals surface area contributed by atoms with Crippen LogP contribution in [0.4, 0.5) is 0 Å². The van der Waals surface area contributed by atoms with Gasteiger partial charge >= 0.3 is 17.9 Å². The zero-order valence-electron chi connectivity index (χ0n) is 24.6. The lowest BCUT2D eigenvalue weighted by Gasteiger charge is -1.97. The predicted octanol–water partition coefficient (Wildman–Crippen LogP) is 9.88. The summed E-state index contributed by atoms with van der Waals surface area (Å²) >= 11 is 0. The van der Waals surface area contributed by atoms with Crippen molar-refractivity contribution in [1.82, 2.24) is 0 Å². The van der Waals surface area contributed by atoms with Crippen molar-refractivity contribution in [2.75, 3.05) is 0 Å².